The highest BCUT2D eigenvalue weighted by Crippen LogP contribution is 2.00. The van der Waals surface area contributed by atoms with E-state index in [1.807, 2.05) is 0 Å². The first kappa shape index (κ1) is 9.97. The molecule has 1 heterocycles. The molecular weight excluding hydrogens is 188 g/mol. The van der Waals surface area contributed by atoms with Crippen LogP contribution in [0.25, 0.3) is 0 Å². The number of carboxylic acid groups (broad SMARTS) is 1. The molecule has 0 aliphatic heterocycles. The molecule has 0 aliphatic rings. The van der Waals surface area contributed by atoms with Gasteiger partial charge in [0.2, 0.25) is 6.41 Å². The molecule has 1 rings (SSSR count). The maximum atomic E-state index is 11.1. The van der Waals surface area contributed by atoms with E-state index in [2.05, 4.69) is 5.32 Å². The van der Waals surface area contributed by atoms with E-state index in [1.165, 1.54) is 18.3 Å². The third-order valence-electron chi connectivity index (χ3n) is 1.51. The third-order valence-corrected chi connectivity index (χ3v) is 1.51. The van der Waals surface area contributed by atoms with Crippen LogP contribution in [0.2, 0.25) is 0 Å². The molecule has 0 bridgehead atoms. The van der Waals surface area contributed by atoms with Crippen molar-refractivity contribution in [1.29, 1.82) is 0 Å². The first-order valence-electron chi connectivity index (χ1n) is 3.76. The minimum atomic E-state index is -1.12. The lowest BCUT2D eigenvalue weighted by Gasteiger charge is -2.03. The second-order valence-electron chi connectivity index (χ2n) is 2.54. The van der Waals surface area contributed by atoms with Crippen molar-refractivity contribution in [3.63, 3.8) is 0 Å². The summed E-state index contributed by atoms with van der Waals surface area (Å²) >= 11 is 0. The van der Waals surface area contributed by atoms with Crippen molar-refractivity contribution in [2.45, 2.75) is 6.54 Å². The Labute approximate surface area is 78.8 Å². The number of amides is 1. The molecule has 6 nitrogen and oxygen atoms in total. The van der Waals surface area contributed by atoms with Crippen LogP contribution in [0.1, 0.15) is 0 Å². The molecule has 1 amide bonds. The standard InChI is InChI=1S/C8H8N2O4/c11-5-9-6-1-2-7(12)10(3-6)4-8(13)14/h1-3,5H,4H2,(H,9,11)(H,13,14). The summed E-state index contributed by atoms with van der Waals surface area (Å²) in [7, 11) is 0. The van der Waals surface area contributed by atoms with Crippen molar-refractivity contribution in [3.8, 4) is 0 Å². The molecule has 0 saturated carbocycles. The SMILES string of the molecule is O=CNc1ccc(=O)n(CC(=O)O)c1. The summed E-state index contributed by atoms with van der Waals surface area (Å²) in [5, 5.41) is 10.8. The van der Waals surface area contributed by atoms with Crippen LogP contribution in [-0.4, -0.2) is 22.1 Å². The van der Waals surface area contributed by atoms with Gasteiger partial charge in [-0.1, -0.05) is 0 Å². The van der Waals surface area contributed by atoms with E-state index in [4.69, 9.17) is 5.11 Å². The molecule has 6 heteroatoms. The van der Waals surface area contributed by atoms with Gasteiger partial charge in [-0.3, -0.25) is 14.4 Å². The van der Waals surface area contributed by atoms with Gasteiger partial charge >= 0.3 is 5.97 Å². The summed E-state index contributed by atoms with van der Waals surface area (Å²) in [4.78, 5) is 31.5. The Morgan fingerprint density at radius 1 is 1.57 bits per heavy atom. The van der Waals surface area contributed by atoms with Crippen LogP contribution < -0.4 is 10.9 Å². The van der Waals surface area contributed by atoms with Crippen LogP contribution in [0.5, 0.6) is 0 Å². The number of nitrogens with one attached hydrogen (secondary N) is 1. The fourth-order valence-electron chi connectivity index (χ4n) is 0.954. The van der Waals surface area contributed by atoms with Crippen LogP contribution >= 0.6 is 0 Å². The van der Waals surface area contributed by atoms with Gasteiger partial charge in [0.25, 0.3) is 5.56 Å². The fourth-order valence-corrected chi connectivity index (χ4v) is 0.954. The number of aliphatic carboxylic acids is 1. The second kappa shape index (κ2) is 4.22. The van der Waals surface area contributed by atoms with Crippen LogP contribution in [0.4, 0.5) is 5.69 Å². The number of carbonyl (C=O) groups excluding carboxylic acids is 1. The molecule has 2 N–H and O–H groups in total. The van der Waals surface area contributed by atoms with Gasteiger partial charge in [-0.2, -0.15) is 0 Å². The van der Waals surface area contributed by atoms with Crippen molar-refractivity contribution >= 4 is 18.1 Å². The number of rotatable bonds is 4. The first-order chi connectivity index (χ1) is 6.63. The van der Waals surface area contributed by atoms with Gasteiger partial charge in [0.05, 0.1) is 5.69 Å². The number of aromatic nitrogens is 1. The molecule has 0 radical (unpaired) electrons. The molecular formula is C8H8N2O4. The Morgan fingerprint density at radius 3 is 2.86 bits per heavy atom. The zero-order chi connectivity index (χ0) is 10.6. The summed E-state index contributed by atoms with van der Waals surface area (Å²) in [6.45, 7) is -0.423. The molecule has 0 atom stereocenters. The Morgan fingerprint density at radius 2 is 2.29 bits per heavy atom. The highest BCUT2D eigenvalue weighted by molar-refractivity contribution is 5.71. The predicted molar refractivity (Wildman–Crippen MR) is 48.0 cm³/mol. The van der Waals surface area contributed by atoms with Gasteiger partial charge in [-0.15, -0.1) is 0 Å². The molecule has 0 fully saturated rings. The van der Waals surface area contributed by atoms with Crippen molar-refractivity contribution in [2.24, 2.45) is 0 Å². The zero-order valence-electron chi connectivity index (χ0n) is 7.14. The Bertz CT molecular complexity index is 410. The molecule has 0 unspecified atom stereocenters. The smallest absolute Gasteiger partial charge is 0.323 e. The molecule has 0 aromatic carbocycles. The van der Waals surface area contributed by atoms with E-state index >= 15 is 0 Å². The van der Waals surface area contributed by atoms with Crippen molar-refractivity contribution in [1.82, 2.24) is 4.57 Å². The summed E-state index contributed by atoms with van der Waals surface area (Å²) in [6, 6.07) is 2.59. The number of hydrogen-bond acceptors (Lipinski definition) is 3. The van der Waals surface area contributed by atoms with Crippen molar-refractivity contribution < 1.29 is 14.7 Å². The topological polar surface area (TPSA) is 88.4 Å². The lowest BCUT2D eigenvalue weighted by molar-refractivity contribution is -0.137. The van der Waals surface area contributed by atoms with Crippen LogP contribution in [-0.2, 0) is 16.1 Å². The van der Waals surface area contributed by atoms with Gasteiger partial charge in [0, 0.05) is 12.3 Å². The monoisotopic (exact) mass is 196 g/mol. The van der Waals surface area contributed by atoms with Gasteiger partial charge in [-0.05, 0) is 6.07 Å². The highest BCUT2D eigenvalue weighted by Gasteiger charge is 2.02. The summed E-state index contributed by atoms with van der Waals surface area (Å²) in [5.74, 6) is -1.12. The van der Waals surface area contributed by atoms with E-state index < -0.39 is 18.1 Å². The van der Waals surface area contributed by atoms with Crippen LogP contribution in [0.15, 0.2) is 23.1 Å². The van der Waals surface area contributed by atoms with Crippen LogP contribution in [0, 0.1) is 0 Å². The lowest BCUT2D eigenvalue weighted by Crippen LogP contribution is -2.23. The molecule has 1 aromatic rings. The number of nitrogens with zero attached hydrogens (tertiary/aromatic N) is 1. The molecule has 0 aliphatic carbocycles. The Hall–Kier alpha value is -2.11. The zero-order valence-corrected chi connectivity index (χ0v) is 7.14. The number of hydrogen-bond donors (Lipinski definition) is 2. The number of anilines is 1. The summed E-state index contributed by atoms with van der Waals surface area (Å²) in [6.07, 6.45) is 1.72. The first-order valence-corrected chi connectivity index (χ1v) is 3.76. The fraction of sp³-hybridized carbons (Fsp3) is 0.125. The van der Waals surface area contributed by atoms with E-state index in [9.17, 15) is 14.4 Å². The van der Waals surface area contributed by atoms with E-state index in [0.29, 0.717) is 12.1 Å². The van der Waals surface area contributed by atoms with Gasteiger partial charge < -0.3 is 15.0 Å². The average Bonchev–Trinajstić information content (AvgIpc) is 2.10. The summed E-state index contributed by atoms with van der Waals surface area (Å²) < 4.78 is 0.994. The van der Waals surface area contributed by atoms with Crippen molar-refractivity contribution in [2.75, 3.05) is 5.32 Å². The number of carbonyl (C=O) groups is 2. The van der Waals surface area contributed by atoms with E-state index in [0.717, 1.165) is 4.57 Å². The van der Waals surface area contributed by atoms with E-state index in [-0.39, 0.29) is 0 Å². The molecule has 0 spiro atoms. The minimum absolute atomic E-state index is 0.376. The average molecular weight is 196 g/mol. The van der Waals surface area contributed by atoms with Crippen molar-refractivity contribution in [3.05, 3.63) is 28.7 Å². The maximum absolute atomic E-state index is 11.1. The molecule has 74 valence electrons. The summed E-state index contributed by atoms with van der Waals surface area (Å²) in [5.41, 5.74) is -0.0512. The van der Waals surface area contributed by atoms with Gasteiger partial charge in [0.15, 0.2) is 0 Å². The predicted octanol–water partition coefficient (Wildman–Crippen LogP) is -0.499. The third kappa shape index (κ3) is 2.44. The van der Waals surface area contributed by atoms with Gasteiger partial charge in [-0.25, -0.2) is 0 Å². The molecule has 1 aromatic heterocycles. The van der Waals surface area contributed by atoms with Crippen LogP contribution in [0.3, 0.4) is 0 Å². The van der Waals surface area contributed by atoms with Gasteiger partial charge in [0.1, 0.15) is 6.54 Å². The van der Waals surface area contributed by atoms with E-state index in [1.54, 1.807) is 0 Å². The normalized spacial score (nSPS) is 9.43. The minimum Gasteiger partial charge on any atom is -0.480 e. The highest BCUT2D eigenvalue weighted by atomic mass is 16.4. The lowest BCUT2D eigenvalue weighted by atomic mass is 10.4. The molecule has 0 saturated heterocycles. The molecule has 14 heavy (non-hydrogen) atoms. The largest absolute Gasteiger partial charge is 0.480 e. The number of pyridine rings is 1. The Balaban J connectivity index is 3.01. The maximum Gasteiger partial charge on any atom is 0.323 e. The Kier molecular flexibility index (Phi) is 3.01. The second-order valence-corrected chi connectivity index (χ2v) is 2.54. The number of carboxylic acids is 1. The quantitative estimate of drug-likeness (QED) is 0.635.